The average molecular weight is 273 g/mol. The molecule has 0 aliphatic carbocycles. The second-order valence-corrected chi connectivity index (χ2v) is 6.35. The van der Waals surface area contributed by atoms with Crippen molar-refractivity contribution in [3.63, 3.8) is 0 Å². The van der Waals surface area contributed by atoms with Gasteiger partial charge in [-0.15, -0.1) is 0 Å². The van der Waals surface area contributed by atoms with Crippen LogP contribution in [0.1, 0.15) is 47.0 Å². The monoisotopic (exact) mass is 273 g/mol. The Morgan fingerprint density at radius 1 is 1.21 bits per heavy atom. The Morgan fingerprint density at radius 2 is 1.68 bits per heavy atom. The second-order valence-electron chi connectivity index (χ2n) is 6.35. The lowest BCUT2D eigenvalue weighted by Gasteiger charge is -2.50. The summed E-state index contributed by atoms with van der Waals surface area (Å²) in [7, 11) is 0. The molecule has 110 valence electrons. The first kappa shape index (κ1) is 15.9. The van der Waals surface area contributed by atoms with Gasteiger partial charge in [0, 0.05) is 11.1 Å². The van der Waals surface area contributed by atoms with E-state index in [1.807, 2.05) is 27.7 Å². The van der Waals surface area contributed by atoms with Gasteiger partial charge in [-0.3, -0.25) is 9.59 Å². The van der Waals surface area contributed by atoms with Crippen LogP contribution >= 0.6 is 0 Å². The minimum atomic E-state index is -0.987. The first-order chi connectivity index (χ1) is 8.56. The van der Waals surface area contributed by atoms with Crippen LogP contribution in [0.3, 0.4) is 0 Å². The second kappa shape index (κ2) is 5.46. The first-order valence-corrected chi connectivity index (χ1v) is 6.44. The molecule has 0 radical (unpaired) electrons. The predicted octanol–water partition coefficient (Wildman–Crippen LogP) is 1.66. The molecular formula is C13H23NO5. The highest BCUT2D eigenvalue weighted by Gasteiger charge is 2.47. The molecule has 0 aromatic heterocycles. The summed E-state index contributed by atoms with van der Waals surface area (Å²) >= 11 is 0. The minimum absolute atomic E-state index is 0.103. The summed E-state index contributed by atoms with van der Waals surface area (Å²) in [4.78, 5) is 22.3. The molecule has 2 N–H and O–H groups in total. The molecule has 1 aliphatic heterocycles. The number of esters is 1. The van der Waals surface area contributed by atoms with E-state index in [0.717, 1.165) is 0 Å². The Hall–Kier alpha value is -1.14. The van der Waals surface area contributed by atoms with Crippen LogP contribution in [-0.4, -0.2) is 45.0 Å². The van der Waals surface area contributed by atoms with Gasteiger partial charge < -0.3 is 15.1 Å². The number of hydroxylamine groups is 2. The Balaban J connectivity index is 2.64. The normalized spacial score (nSPS) is 23.0. The van der Waals surface area contributed by atoms with Gasteiger partial charge in [0.2, 0.25) is 0 Å². The van der Waals surface area contributed by atoms with Crippen molar-refractivity contribution in [1.82, 2.24) is 5.06 Å². The Labute approximate surface area is 113 Å². The van der Waals surface area contributed by atoms with Gasteiger partial charge in [0.1, 0.15) is 6.61 Å². The molecule has 0 bridgehead atoms. The van der Waals surface area contributed by atoms with E-state index in [4.69, 9.17) is 9.84 Å². The summed E-state index contributed by atoms with van der Waals surface area (Å²) in [6.07, 6.45) is 0.787. The largest absolute Gasteiger partial charge is 0.481 e. The number of carboxylic acids is 1. The van der Waals surface area contributed by atoms with E-state index in [-0.39, 0.29) is 24.9 Å². The molecule has 6 heteroatoms. The Kier molecular flexibility index (Phi) is 4.58. The summed E-state index contributed by atoms with van der Waals surface area (Å²) in [5.41, 5.74) is -1.03. The first-order valence-electron chi connectivity index (χ1n) is 6.44. The molecule has 0 spiro atoms. The topological polar surface area (TPSA) is 87.1 Å². The van der Waals surface area contributed by atoms with Crippen LogP contribution in [0.4, 0.5) is 0 Å². The molecule has 6 nitrogen and oxygen atoms in total. The molecular weight excluding hydrogens is 250 g/mol. The molecule has 0 unspecified atom stereocenters. The zero-order valence-electron chi connectivity index (χ0n) is 12.0. The number of nitrogens with zero attached hydrogens (tertiary/aromatic N) is 1. The molecule has 1 aliphatic rings. The lowest BCUT2D eigenvalue weighted by Crippen LogP contribution is -2.60. The smallest absolute Gasteiger partial charge is 0.309 e. The van der Waals surface area contributed by atoms with Crippen LogP contribution in [-0.2, 0) is 14.3 Å². The molecule has 19 heavy (non-hydrogen) atoms. The molecule has 1 fully saturated rings. The minimum Gasteiger partial charge on any atom is -0.481 e. The molecule has 0 aromatic carbocycles. The Morgan fingerprint density at radius 3 is 2.11 bits per heavy atom. The number of carbonyl (C=O) groups excluding carboxylic acids is 1. The number of carboxylic acid groups (broad SMARTS) is 1. The molecule has 0 amide bonds. The zero-order valence-corrected chi connectivity index (χ0v) is 12.0. The molecule has 1 saturated heterocycles. The van der Waals surface area contributed by atoms with E-state index >= 15 is 0 Å². The summed E-state index contributed by atoms with van der Waals surface area (Å²) in [5.74, 6) is -1.68. The van der Waals surface area contributed by atoms with Gasteiger partial charge >= 0.3 is 11.9 Å². The van der Waals surface area contributed by atoms with E-state index in [1.54, 1.807) is 0 Å². The number of rotatable bonds is 4. The van der Waals surface area contributed by atoms with Gasteiger partial charge in [-0.1, -0.05) is 0 Å². The maximum atomic E-state index is 11.9. The highest BCUT2D eigenvalue weighted by Crippen LogP contribution is 2.40. The molecule has 0 aromatic rings. The van der Waals surface area contributed by atoms with Gasteiger partial charge in [-0.25, -0.2) is 0 Å². The molecule has 0 saturated carbocycles. The molecule has 0 atom stereocenters. The SMILES string of the molecule is CC1(C)CC(C(=O)OCCC(=O)O)CC(C)(C)N1O. The fraction of sp³-hybridized carbons (Fsp3) is 0.846. The van der Waals surface area contributed by atoms with Crippen molar-refractivity contribution in [3.8, 4) is 0 Å². The van der Waals surface area contributed by atoms with Crippen molar-refractivity contribution in [1.29, 1.82) is 0 Å². The summed E-state index contributed by atoms with van der Waals surface area (Å²) in [6.45, 7) is 7.36. The van der Waals surface area contributed by atoms with Crippen LogP contribution in [0.5, 0.6) is 0 Å². The van der Waals surface area contributed by atoms with Crippen molar-refractivity contribution in [2.24, 2.45) is 5.92 Å². The number of hydrogen-bond acceptors (Lipinski definition) is 5. The van der Waals surface area contributed by atoms with Crippen molar-refractivity contribution < 1.29 is 24.6 Å². The number of hydrogen-bond donors (Lipinski definition) is 2. The van der Waals surface area contributed by atoms with E-state index in [1.165, 1.54) is 5.06 Å². The van der Waals surface area contributed by atoms with Crippen molar-refractivity contribution in [3.05, 3.63) is 0 Å². The standard InChI is InChI=1S/C13H23NO5/c1-12(2)7-9(8-13(3,4)14(12)18)11(17)19-6-5-10(15)16/h9,18H,5-8H2,1-4H3,(H,15,16). The van der Waals surface area contributed by atoms with Crippen LogP contribution < -0.4 is 0 Å². The third kappa shape index (κ3) is 3.91. The third-order valence-corrected chi connectivity index (χ3v) is 3.53. The maximum absolute atomic E-state index is 11.9. The zero-order chi connectivity index (χ0) is 14.8. The van der Waals surface area contributed by atoms with Gasteiger partial charge in [-0.05, 0) is 40.5 Å². The highest BCUT2D eigenvalue weighted by molar-refractivity contribution is 5.73. The number of carbonyl (C=O) groups is 2. The van der Waals surface area contributed by atoms with Crippen LogP contribution in [0, 0.1) is 5.92 Å². The summed E-state index contributed by atoms with van der Waals surface area (Å²) in [5, 5.41) is 19.9. The highest BCUT2D eigenvalue weighted by atomic mass is 16.5. The third-order valence-electron chi connectivity index (χ3n) is 3.53. The predicted molar refractivity (Wildman–Crippen MR) is 67.7 cm³/mol. The fourth-order valence-corrected chi connectivity index (χ4v) is 2.79. The van der Waals surface area contributed by atoms with Gasteiger partial charge in [-0.2, -0.15) is 5.06 Å². The maximum Gasteiger partial charge on any atom is 0.309 e. The van der Waals surface area contributed by atoms with Crippen LogP contribution in [0.25, 0.3) is 0 Å². The van der Waals surface area contributed by atoms with E-state index < -0.39 is 17.0 Å². The van der Waals surface area contributed by atoms with Gasteiger partial charge in [0.15, 0.2) is 0 Å². The summed E-state index contributed by atoms with van der Waals surface area (Å²) < 4.78 is 4.99. The van der Waals surface area contributed by atoms with Gasteiger partial charge in [0.25, 0.3) is 0 Å². The van der Waals surface area contributed by atoms with Gasteiger partial charge in [0.05, 0.1) is 12.3 Å². The van der Waals surface area contributed by atoms with Crippen LogP contribution in [0.2, 0.25) is 0 Å². The molecule has 1 heterocycles. The quantitative estimate of drug-likeness (QED) is 0.757. The van der Waals surface area contributed by atoms with Crippen LogP contribution in [0.15, 0.2) is 0 Å². The lowest BCUT2D eigenvalue weighted by atomic mass is 9.75. The van der Waals surface area contributed by atoms with E-state index in [0.29, 0.717) is 12.8 Å². The molecule has 1 rings (SSSR count). The average Bonchev–Trinajstić information content (AvgIpc) is 2.24. The van der Waals surface area contributed by atoms with Crippen molar-refractivity contribution in [2.75, 3.05) is 6.61 Å². The lowest BCUT2D eigenvalue weighted by molar-refractivity contribution is -0.251. The number of ether oxygens (including phenoxy) is 1. The Bertz CT molecular complexity index is 346. The number of piperidine rings is 1. The van der Waals surface area contributed by atoms with Crippen molar-refractivity contribution in [2.45, 2.75) is 58.0 Å². The summed E-state index contributed by atoms with van der Waals surface area (Å²) in [6, 6.07) is 0. The fourth-order valence-electron chi connectivity index (χ4n) is 2.79. The van der Waals surface area contributed by atoms with E-state index in [9.17, 15) is 14.8 Å². The van der Waals surface area contributed by atoms with E-state index in [2.05, 4.69) is 0 Å². The van der Waals surface area contributed by atoms with Crippen molar-refractivity contribution >= 4 is 11.9 Å². The number of aliphatic carboxylic acids is 1.